The Morgan fingerprint density at radius 3 is 2.20 bits per heavy atom. The lowest BCUT2D eigenvalue weighted by atomic mass is 10.1. The number of aliphatic carboxylic acids is 1. The van der Waals surface area contributed by atoms with Gasteiger partial charge >= 0.3 is 5.97 Å². The van der Waals surface area contributed by atoms with Crippen molar-refractivity contribution in [2.75, 3.05) is 10.1 Å². The molecule has 0 aromatic heterocycles. The lowest BCUT2D eigenvalue weighted by Crippen LogP contribution is -2.26. The fourth-order valence-corrected chi connectivity index (χ4v) is 5.08. The maximum absolute atomic E-state index is 13.0. The molecule has 0 fully saturated rings. The summed E-state index contributed by atoms with van der Waals surface area (Å²) in [5, 5.41) is 9.14. The Morgan fingerprint density at radius 2 is 1.57 bits per heavy atom. The smallest absolute Gasteiger partial charge is 0.303 e. The number of rotatable bonds is 17. The van der Waals surface area contributed by atoms with Crippen molar-refractivity contribution in [3.8, 4) is 0 Å². The van der Waals surface area contributed by atoms with Gasteiger partial charge in [0.2, 0.25) is 5.91 Å². The summed E-state index contributed by atoms with van der Waals surface area (Å²) in [5.74, 6) is 0.134. The van der Waals surface area contributed by atoms with Crippen LogP contribution in [0.15, 0.2) is 29.2 Å². The van der Waals surface area contributed by atoms with E-state index in [1.807, 2.05) is 28.6 Å². The highest BCUT2D eigenvalue weighted by Gasteiger charge is 2.20. The first-order valence-electron chi connectivity index (χ1n) is 11.4. The average Bonchev–Trinajstić information content (AvgIpc) is 2.71. The van der Waals surface area contributed by atoms with Crippen LogP contribution < -0.4 is 4.31 Å². The molecule has 0 aliphatic rings. The minimum absolute atomic E-state index is 0.165. The van der Waals surface area contributed by atoms with Gasteiger partial charge < -0.3 is 5.11 Å². The maximum atomic E-state index is 13.0. The number of carboxylic acid groups (broad SMARTS) is 1. The summed E-state index contributed by atoms with van der Waals surface area (Å²) in [6, 6.07) is 7.97. The number of para-hydroxylation sites is 1. The third kappa shape index (κ3) is 11.9. The van der Waals surface area contributed by atoms with E-state index in [1.54, 1.807) is 23.7 Å². The van der Waals surface area contributed by atoms with Gasteiger partial charge in [-0.15, -0.1) is 11.8 Å². The van der Waals surface area contributed by atoms with Gasteiger partial charge in [-0.1, -0.05) is 77.8 Å². The molecule has 6 heteroatoms. The van der Waals surface area contributed by atoms with Gasteiger partial charge in [-0.3, -0.25) is 13.9 Å². The second-order valence-electron chi connectivity index (χ2n) is 7.88. The number of unbranched alkanes of at least 4 members (excludes halogenated alkanes) is 7. The first-order chi connectivity index (χ1) is 14.5. The van der Waals surface area contributed by atoms with Crippen LogP contribution in [0, 0.1) is 0 Å². The lowest BCUT2D eigenvalue weighted by Gasteiger charge is -2.25. The molecular formula is C24H39NO3S2. The number of carbonyl (C=O) groups excluding carboxylic acids is 1. The molecule has 1 amide bonds. The molecule has 30 heavy (non-hydrogen) atoms. The fourth-order valence-electron chi connectivity index (χ4n) is 3.12. The number of carbonyl (C=O) groups is 2. The van der Waals surface area contributed by atoms with Gasteiger partial charge in [-0.05, 0) is 42.7 Å². The zero-order valence-electron chi connectivity index (χ0n) is 18.9. The molecule has 0 spiro atoms. The van der Waals surface area contributed by atoms with Gasteiger partial charge in [0.05, 0.1) is 5.69 Å². The SMILES string of the molecule is CCCCCCCCCCC(=O)N(SC(C)C)c1ccccc1SCCCC(=O)O. The minimum atomic E-state index is -0.763. The number of nitrogens with zero attached hydrogens (tertiary/aromatic N) is 1. The summed E-state index contributed by atoms with van der Waals surface area (Å²) in [5.41, 5.74) is 0.932. The first-order valence-corrected chi connectivity index (χ1v) is 13.2. The molecule has 1 N–H and O–H groups in total. The second-order valence-corrected chi connectivity index (χ2v) is 10.5. The van der Waals surface area contributed by atoms with E-state index in [9.17, 15) is 9.59 Å². The Labute approximate surface area is 191 Å². The Hall–Kier alpha value is -1.14. The zero-order valence-corrected chi connectivity index (χ0v) is 20.5. The molecule has 0 saturated heterocycles. The molecule has 0 saturated carbocycles. The molecule has 4 nitrogen and oxygen atoms in total. The Kier molecular flexibility index (Phi) is 14.8. The third-order valence-corrected chi connectivity index (χ3v) is 6.85. The highest BCUT2D eigenvalue weighted by atomic mass is 32.2. The zero-order chi connectivity index (χ0) is 22.2. The van der Waals surface area contributed by atoms with Crippen LogP contribution in [0.3, 0.4) is 0 Å². The van der Waals surface area contributed by atoms with Crippen LogP contribution in [0.4, 0.5) is 5.69 Å². The van der Waals surface area contributed by atoms with Gasteiger partial charge in [0.15, 0.2) is 0 Å². The van der Waals surface area contributed by atoms with E-state index in [0.29, 0.717) is 18.1 Å². The van der Waals surface area contributed by atoms with E-state index >= 15 is 0 Å². The van der Waals surface area contributed by atoms with Gasteiger partial charge in [-0.25, -0.2) is 0 Å². The molecule has 0 bridgehead atoms. The Balaban J connectivity index is 2.61. The van der Waals surface area contributed by atoms with Crippen molar-refractivity contribution in [1.82, 2.24) is 0 Å². The van der Waals surface area contributed by atoms with Crippen LogP contribution in [0.25, 0.3) is 0 Å². The normalized spacial score (nSPS) is 11.1. The number of carboxylic acids is 1. The number of benzene rings is 1. The molecule has 0 unspecified atom stereocenters. The Morgan fingerprint density at radius 1 is 0.933 bits per heavy atom. The molecule has 0 aliphatic heterocycles. The number of hydrogen-bond acceptors (Lipinski definition) is 4. The monoisotopic (exact) mass is 453 g/mol. The summed E-state index contributed by atoms with van der Waals surface area (Å²) in [6.45, 7) is 6.44. The summed E-state index contributed by atoms with van der Waals surface area (Å²) in [4.78, 5) is 24.8. The highest BCUT2D eigenvalue weighted by Crippen LogP contribution is 2.36. The van der Waals surface area contributed by atoms with E-state index in [1.165, 1.54) is 38.5 Å². The summed E-state index contributed by atoms with van der Waals surface area (Å²) in [7, 11) is 0. The number of anilines is 1. The van der Waals surface area contributed by atoms with E-state index in [4.69, 9.17) is 5.11 Å². The number of thioether (sulfide) groups is 1. The topological polar surface area (TPSA) is 57.6 Å². The van der Waals surface area contributed by atoms with Crippen molar-refractivity contribution in [2.45, 2.75) is 102 Å². The van der Waals surface area contributed by atoms with Crippen LogP contribution in [0.2, 0.25) is 0 Å². The van der Waals surface area contributed by atoms with Crippen molar-refractivity contribution < 1.29 is 14.7 Å². The summed E-state index contributed by atoms with van der Waals surface area (Å²) < 4.78 is 1.87. The van der Waals surface area contributed by atoms with Gasteiger partial charge in [-0.2, -0.15) is 0 Å². The summed E-state index contributed by atoms with van der Waals surface area (Å²) in [6.07, 6.45) is 11.2. The largest absolute Gasteiger partial charge is 0.481 e. The average molecular weight is 454 g/mol. The predicted octanol–water partition coefficient (Wildman–Crippen LogP) is 7.56. The predicted molar refractivity (Wildman–Crippen MR) is 131 cm³/mol. The molecule has 1 rings (SSSR count). The van der Waals surface area contributed by atoms with Crippen molar-refractivity contribution in [1.29, 1.82) is 0 Å². The quantitative estimate of drug-likeness (QED) is 0.150. The van der Waals surface area contributed by atoms with Crippen molar-refractivity contribution >= 4 is 41.3 Å². The van der Waals surface area contributed by atoms with E-state index < -0.39 is 5.97 Å². The standard InChI is InChI=1S/C24H39NO3S2/c1-4-5-6-7-8-9-10-11-17-23(26)25(30-20(2)3)21-15-12-13-16-22(21)29-19-14-18-24(27)28/h12-13,15-16,20H,4-11,14,17-19H2,1-3H3,(H,27,28). The van der Waals surface area contributed by atoms with Crippen LogP contribution >= 0.6 is 23.7 Å². The summed E-state index contributed by atoms with van der Waals surface area (Å²) >= 11 is 3.21. The molecule has 0 atom stereocenters. The van der Waals surface area contributed by atoms with Gasteiger partial charge in [0, 0.05) is 23.0 Å². The first kappa shape index (κ1) is 26.9. The molecule has 0 radical (unpaired) electrons. The van der Waals surface area contributed by atoms with Crippen LogP contribution in [0.5, 0.6) is 0 Å². The van der Waals surface area contributed by atoms with Gasteiger partial charge in [0.25, 0.3) is 0 Å². The molecule has 170 valence electrons. The minimum Gasteiger partial charge on any atom is -0.481 e. The van der Waals surface area contributed by atoms with E-state index in [0.717, 1.165) is 29.2 Å². The highest BCUT2D eigenvalue weighted by molar-refractivity contribution is 8.02. The van der Waals surface area contributed by atoms with Crippen molar-refractivity contribution in [3.63, 3.8) is 0 Å². The molecular weight excluding hydrogens is 414 g/mol. The fraction of sp³-hybridized carbons (Fsp3) is 0.667. The van der Waals surface area contributed by atoms with Crippen LogP contribution in [-0.4, -0.2) is 28.0 Å². The van der Waals surface area contributed by atoms with E-state index in [-0.39, 0.29) is 12.3 Å². The van der Waals surface area contributed by atoms with Gasteiger partial charge in [0.1, 0.15) is 0 Å². The van der Waals surface area contributed by atoms with Crippen molar-refractivity contribution in [2.24, 2.45) is 0 Å². The van der Waals surface area contributed by atoms with Crippen molar-refractivity contribution in [3.05, 3.63) is 24.3 Å². The van der Waals surface area contributed by atoms with Crippen LogP contribution in [0.1, 0.15) is 91.4 Å². The molecule has 0 heterocycles. The number of amides is 1. The molecule has 0 aliphatic carbocycles. The van der Waals surface area contributed by atoms with Crippen LogP contribution in [-0.2, 0) is 9.59 Å². The number of hydrogen-bond donors (Lipinski definition) is 1. The second kappa shape index (κ2) is 16.5. The Bertz CT molecular complexity index is 622. The van der Waals surface area contributed by atoms with E-state index in [2.05, 4.69) is 20.8 Å². The third-order valence-electron chi connectivity index (χ3n) is 4.66. The molecule has 1 aromatic rings. The maximum Gasteiger partial charge on any atom is 0.303 e. The molecule has 1 aromatic carbocycles. The lowest BCUT2D eigenvalue weighted by molar-refractivity contribution is -0.137.